The number of ether oxygens (including phenoxy) is 2. The van der Waals surface area contributed by atoms with E-state index in [4.69, 9.17) is 14.5 Å². The molecule has 3 unspecified atom stereocenters. The second-order valence-electron chi connectivity index (χ2n) is 7.93. The van der Waals surface area contributed by atoms with Crippen LogP contribution in [0.2, 0.25) is 0 Å². The molecule has 1 heterocycles. The van der Waals surface area contributed by atoms with E-state index < -0.39 is 0 Å². The molecule has 3 atom stereocenters. The number of aliphatic hydroxyl groups excluding tert-OH is 1. The third kappa shape index (κ3) is 4.47. The van der Waals surface area contributed by atoms with Crippen LogP contribution in [-0.2, 0) is 9.47 Å². The largest absolute Gasteiger partial charge is 0.396 e. The lowest BCUT2D eigenvalue weighted by atomic mass is 9.51. The van der Waals surface area contributed by atoms with Crippen molar-refractivity contribution < 1.29 is 14.6 Å². The first-order chi connectivity index (χ1) is 12.2. The fourth-order valence-electron chi connectivity index (χ4n) is 4.66. The molecule has 0 aromatic heterocycles. The summed E-state index contributed by atoms with van der Waals surface area (Å²) in [5, 5.41) is 16.5. The van der Waals surface area contributed by atoms with Crippen LogP contribution in [0.1, 0.15) is 52.4 Å². The summed E-state index contributed by atoms with van der Waals surface area (Å²) in [6.45, 7) is 8.23. The molecule has 0 aromatic rings. The number of aliphatic hydroxyl groups is 1. The molecule has 7 heteroatoms. The van der Waals surface area contributed by atoms with Gasteiger partial charge in [0.25, 0.3) is 0 Å². The summed E-state index contributed by atoms with van der Waals surface area (Å²) in [7, 11) is 0. The van der Waals surface area contributed by atoms with Crippen LogP contribution in [0.3, 0.4) is 0 Å². The van der Waals surface area contributed by atoms with Gasteiger partial charge in [0.1, 0.15) is 0 Å². The highest BCUT2D eigenvalue weighted by atomic mass is 127. The predicted molar refractivity (Wildman–Crippen MR) is 114 cm³/mol. The Hall–Kier alpha value is -0.120. The molecule has 2 aliphatic carbocycles. The lowest BCUT2D eigenvalue weighted by Gasteiger charge is -2.61. The molecular weight excluding hydrogens is 445 g/mol. The molecule has 3 N–H and O–H groups in total. The maximum absolute atomic E-state index is 9.39. The lowest BCUT2D eigenvalue weighted by molar-refractivity contribution is -0.168. The zero-order valence-electron chi connectivity index (χ0n) is 16.3. The van der Waals surface area contributed by atoms with Gasteiger partial charge in [-0.05, 0) is 46.0 Å². The van der Waals surface area contributed by atoms with Gasteiger partial charge in [-0.3, -0.25) is 4.99 Å². The van der Waals surface area contributed by atoms with Gasteiger partial charge >= 0.3 is 0 Å². The lowest BCUT2D eigenvalue weighted by Crippen LogP contribution is -2.68. The summed E-state index contributed by atoms with van der Waals surface area (Å²) in [6.07, 6.45) is 7.06. The van der Waals surface area contributed by atoms with E-state index in [-0.39, 0.29) is 36.0 Å². The molecule has 0 bridgehead atoms. The fraction of sp³-hybridized carbons (Fsp3) is 0.947. The van der Waals surface area contributed by atoms with Crippen LogP contribution in [0.15, 0.2) is 4.99 Å². The van der Waals surface area contributed by atoms with E-state index in [1.54, 1.807) is 0 Å². The van der Waals surface area contributed by atoms with Crippen LogP contribution in [0.4, 0.5) is 0 Å². The van der Waals surface area contributed by atoms with E-state index in [2.05, 4.69) is 24.5 Å². The summed E-state index contributed by atoms with van der Waals surface area (Å²) in [5.74, 6) is 0.901. The Kier molecular flexibility index (Phi) is 8.43. The SMILES string of the molecule is CCNC(=NCC1(CCO)CCOC1)NC1CC(OCC)C12CCC2.I. The number of nitrogens with one attached hydrogen (secondary N) is 2. The van der Waals surface area contributed by atoms with Crippen LogP contribution < -0.4 is 10.6 Å². The normalized spacial score (nSPS) is 32.5. The first-order valence-corrected chi connectivity index (χ1v) is 10.0. The number of nitrogens with zero attached hydrogens (tertiary/aromatic N) is 1. The van der Waals surface area contributed by atoms with Crippen LogP contribution in [0.5, 0.6) is 0 Å². The average Bonchev–Trinajstić information content (AvgIpc) is 2.99. The van der Waals surface area contributed by atoms with E-state index in [1.807, 2.05) is 0 Å². The van der Waals surface area contributed by atoms with Crippen molar-refractivity contribution in [2.45, 2.75) is 64.5 Å². The third-order valence-electron chi connectivity index (χ3n) is 6.49. The highest BCUT2D eigenvalue weighted by molar-refractivity contribution is 14.0. The predicted octanol–water partition coefficient (Wildman–Crippen LogP) is 2.30. The van der Waals surface area contributed by atoms with E-state index in [0.29, 0.717) is 30.7 Å². The molecule has 2 saturated carbocycles. The van der Waals surface area contributed by atoms with Crippen molar-refractivity contribution in [3.8, 4) is 0 Å². The molecule has 0 amide bonds. The van der Waals surface area contributed by atoms with Crippen molar-refractivity contribution in [1.29, 1.82) is 0 Å². The van der Waals surface area contributed by atoms with Crippen molar-refractivity contribution in [3.05, 3.63) is 0 Å². The first kappa shape index (κ1) is 22.2. The van der Waals surface area contributed by atoms with Gasteiger partial charge in [0.05, 0.1) is 19.3 Å². The smallest absolute Gasteiger partial charge is 0.191 e. The quantitative estimate of drug-likeness (QED) is 0.282. The Morgan fingerprint density at radius 2 is 2.12 bits per heavy atom. The van der Waals surface area contributed by atoms with Gasteiger partial charge in [0.2, 0.25) is 0 Å². The number of halogens is 1. The van der Waals surface area contributed by atoms with Gasteiger partial charge in [0, 0.05) is 43.2 Å². The molecule has 1 aliphatic heterocycles. The van der Waals surface area contributed by atoms with Gasteiger partial charge in [-0.2, -0.15) is 0 Å². The monoisotopic (exact) mass is 481 g/mol. The number of guanidine groups is 1. The fourth-order valence-corrected chi connectivity index (χ4v) is 4.66. The summed E-state index contributed by atoms with van der Waals surface area (Å²) in [4.78, 5) is 4.87. The first-order valence-electron chi connectivity index (χ1n) is 10.0. The average molecular weight is 481 g/mol. The number of aliphatic imine (C=N–C) groups is 1. The molecule has 152 valence electrons. The molecule has 3 rings (SSSR count). The Morgan fingerprint density at radius 3 is 2.65 bits per heavy atom. The standard InChI is InChI=1S/C19H35N3O3.HI/c1-3-20-17(21-13-18(8-10-23)9-11-24-14-18)22-15-12-16(25-4-2)19(15)6-5-7-19;/h15-16,23H,3-14H2,1-2H3,(H2,20,21,22);1H. The molecular formula is C19H36IN3O3. The van der Waals surface area contributed by atoms with E-state index in [1.165, 1.54) is 19.3 Å². The summed E-state index contributed by atoms with van der Waals surface area (Å²) in [6, 6.07) is 0.462. The Labute approximate surface area is 174 Å². The molecule has 0 radical (unpaired) electrons. The van der Waals surface area contributed by atoms with Gasteiger partial charge in [-0.15, -0.1) is 24.0 Å². The van der Waals surface area contributed by atoms with Crippen LogP contribution in [0.25, 0.3) is 0 Å². The molecule has 1 spiro atoms. The van der Waals surface area contributed by atoms with Crippen LogP contribution in [0, 0.1) is 10.8 Å². The summed E-state index contributed by atoms with van der Waals surface area (Å²) >= 11 is 0. The second-order valence-corrected chi connectivity index (χ2v) is 7.93. The molecule has 6 nitrogen and oxygen atoms in total. The molecule has 1 saturated heterocycles. The summed E-state index contributed by atoms with van der Waals surface area (Å²) in [5.41, 5.74) is 0.324. The number of hydrogen-bond donors (Lipinski definition) is 3. The maximum atomic E-state index is 9.39. The summed E-state index contributed by atoms with van der Waals surface area (Å²) < 4.78 is 11.5. The van der Waals surface area contributed by atoms with E-state index in [9.17, 15) is 5.11 Å². The van der Waals surface area contributed by atoms with Gasteiger partial charge in [-0.1, -0.05) is 6.42 Å². The Bertz CT molecular complexity index is 465. The van der Waals surface area contributed by atoms with Crippen molar-refractivity contribution in [2.75, 3.05) is 39.5 Å². The van der Waals surface area contributed by atoms with Gasteiger partial charge < -0.3 is 25.2 Å². The Balaban J connectivity index is 0.00000243. The minimum absolute atomic E-state index is 0. The van der Waals surface area contributed by atoms with E-state index >= 15 is 0 Å². The van der Waals surface area contributed by atoms with Crippen molar-refractivity contribution in [3.63, 3.8) is 0 Å². The number of rotatable bonds is 8. The van der Waals surface area contributed by atoms with Crippen molar-refractivity contribution in [1.82, 2.24) is 10.6 Å². The zero-order valence-corrected chi connectivity index (χ0v) is 18.6. The Morgan fingerprint density at radius 1 is 1.31 bits per heavy atom. The topological polar surface area (TPSA) is 75.1 Å². The second kappa shape index (κ2) is 9.89. The van der Waals surface area contributed by atoms with Crippen molar-refractivity contribution in [2.24, 2.45) is 15.8 Å². The third-order valence-corrected chi connectivity index (χ3v) is 6.49. The van der Waals surface area contributed by atoms with Crippen LogP contribution >= 0.6 is 24.0 Å². The van der Waals surface area contributed by atoms with E-state index in [0.717, 1.165) is 45.0 Å². The minimum atomic E-state index is -0.00126. The van der Waals surface area contributed by atoms with Gasteiger partial charge in [-0.25, -0.2) is 0 Å². The number of hydrogen-bond acceptors (Lipinski definition) is 4. The highest BCUT2D eigenvalue weighted by Gasteiger charge is 2.59. The van der Waals surface area contributed by atoms with Gasteiger partial charge in [0.15, 0.2) is 5.96 Å². The molecule has 3 aliphatic rings. The molecule has 0 aromatic carbocycles. The molecule has 3 fully saturated rings. The minimum Gasteiger partial charge on any atom is -0.396 e. The van der Waals surface area contributed by atoms with Crippen molar-refractivity contribution >= 4 is 29.9 Å². The highest BCUT2D eigenvalue weighted by Crippen LogP contribution is 2.57. The molecule has 26 heavy (non-hydrogen) atoms. The zero-order chi connectivity index (χ0) is 17.8. The maximum Gasteiger partial charge on any atom is 0.191 e. The van der Waals surface area contributed by atoms with Crippen LogP contribution in [-0.4, -0.2) is 62.7 Å².